The van der Waals surface area contributed by atoms with Gasteiger partial charge < -0.3 is 15.2 Å². The molecular formula is C12H14F3NO4. The van der Waals surface area contributed by atoms with E-state index in [9.17, 15) is 22.8 Å². The lowest BCUT2D eigenvalue weighted by Crippen LogP contribution is -2.75. The zero-order valence-corrected chi connectivity index (χ0v) is 10.5. The number of rotatable bonds is 5. The van der Waals surface area contributed by atoms with E-state index in [1.54, 1.807) is 0 Å². The second kappa shape index (κ2) is 4.39. The maximum absolute atomic E-state index is 12.7. The molecule has 0 heterocycles. The average Bonchev–Trinajstić information content (AvgIpc) is 2.18. The molecule has 0 radical (unpaired) electrons. The molecule has 5 nitrogen and oxygen atoms in total. The molecule has 0 saturated heterocycles. The first-order valence-corrected chi connectivity index (χ1v) is 6.00. The second-order valence-corrected chi connectivity index (χ2v) is 5.47. The van der Waals surface area contributed by atoms with Crippen molar-refractivity contribution in [2.75, 3.05) is 6.61 Å². The van der Waals surface area contributed by atoms with Gasteiger partial charge >= 0.3 is 18.2 Å². The summed E-state index contributed by atoms with van der Waals surface area (Å²) in [6, 6.07) is -1.36. The Kier molecular flexibility index (Phi) is 3.22. The number of hydrogen-bond acceptors (Lipinski definition) is 3. The standard InChI is InChI=1S/C12H14F3NO4/c1-2-3-20-9(19)16-7(8(17)18)10-4-11(5-10,6-10)12(13,14)15/h2,7H,1,3-6H2,(H,16,19)(H,17,18)/t7-,10?,11?/m0/s1. The van der Waals surface area contributed by atoms with Gasteiger partial charge in [0.2, 0.25) is 0 Å². The van der Waals surface area contributed by atoms with Crippen LogP contribution in [0.3, 0.4) is 0 Å². The molecule has 2 N–H and O–H groups in total. The van der Waals surface area contributed by atoms with Crippen molar-refractivity contribution >= 4 is 12.1 Å². The van der Waals surface area contributed by atoms with Crippen LogP contribution in [0.2, 0.25) is 0 Å². The van der Waals surface area contributed by atoms with Crippen LogP contribution in [0.1, 0.15) is 19.3 Å². The van der Waals surface area contributed by atoms with Crippen LogP contribution >= 0.6 is 0 Å². The minimum absolute atomic E-state index is 0.0995. The fourth-order valence-corrected chi connectivity index (χ4v) is 3.24. The van der Waals surface area contributed by atoms with E-state index in [0.717, 1.165) is 0 Å². The average molecular weight is 293 g/mol. The zero-order valence-electron chi connectivity index (χ0n) is 10.5. The Hall–Kier alpha value is -1.73. The molecule has 0 spiro atoms. The third kappa shape index (κ3) is 2.03. The fourth-order valence-electron chi connectivity index (χ4n) is 3.24. The lowest BCUT2D eigenvalue weighted by Gasteiger charge is -2.71. The molecule has 0 aliphatic heterocycles. The predicted octanol–water partition coefficient (Wildman–Crippen LogP) is 2.08. The molecule has 0 aromatic rings. The number of carbonyl (C=O) groups is 2. The lowest BCUT2D eigenvalue weighted by molar-refractivity contribution is -0.367. The Balaban J connectivity index is 1.98. The number of carbonyl (C=O) groups excluding carboxylic acids is 1. The number of carboxylic acids is 1. The summed E-state index contributed by atoms with van der Waals surface area (Å²) in [5, 5.41) is 11.2. The topological polar surface area (TPSA) is 75.6 Å². The van der Waals surface area contributed by atoms with Crippen LogP contribution in [-0.2, 0) is 9.53 Å². The fraction of sp³-hybridized carbons (Fsp3) is 0.667. The third-order valence-corrected chi connectivity index (χ3v) is 4.13. The Labute approximate surface area is 112 Å². The monoisotopic (exact) mass is 293 g/mol. The number of alkyl carbamates (subject to hydrolysis) is 1. The number of ether oxygens (including phenoxy) is 1. The molecule has 3 aliphatic carbocycles. The maximum Gasteiger partial charge on any atom is 0.408 e. The number of alkyl halides is 3. The van der Waals surface area contributed by atoms with E-state index in [0.29, 0.717) is 0 Å². The first-order chi connectivity index (χ1) is 9.16. The number of hydrogen-bond donors (Lipinski definition) is 2. The van der Waals surface area contributed by atoms with E-state index in [-0.39, 0.29) is 25.9 Å². The number of amides is 1. The molecule has 0 aromatic carbocycles. The summed E-state index contributed by atoms with van der Waals surface area (Å²) in [6.07, 6.45) is -4.77. The largest absolute Gasteiger partial charge is 0.480 e. The first kappa shape index (κ1) is 14.7. The van der Waals surface area contributed by atoms with Crippen molar-refractivity contribution in [1.82, 2.24) is 5.32 Å². The molecule has 3 aliphatic rings. The molecule has 8 heteroatoms. The summed E-state index contributed by atoms with van der Waals surface area (Å²) in [5.41, 5.74) is -2.76. The second-order valence-electron chi connectivity index (χ2n) is 5.47. The number of halogens is 3. The molecule has 2 bridgehead atoms. The minimum Gasteiger partial charge on any atom is -0.480 e. The highest BCUT2D eigenvalue weighted by molar-refractivity contribution is 5.81. The van der Waals surface area contributed by atoms with Crippen LogP contribution in [0.4, 0.5) is 18.0 Å². The van der Waals surface area contributed by atoms with Crippen molar-refractivity contribution in [2.45, 2.75) is 31.5 Å². The number of nitrogens with one attached hydrogen (secondary N) is 1. The normalized spacial score (nSPS) is 32.4. The van der Waals surface area contributed by atoms with Crippen molar-refractivity contribution in [3.05, 3.63) is 12.7 Å². The van der Waals surface area contributed by atoms with Gasteiger partial charge in [0, 0.05) is 5.41 Å². The molecule has 1 amide bonds. The highest BCUT2D eigenvalue weighted by atomic mass is 19.4. The van der Waals surface area contributed by atoms with Crippen molar-refractivity contribution in [3.63, 3.8) is 0 Å². The van der Waals surface area contributed by atoms with Gasteiger partial charge in [0.1, 0.15) is 12.6 Å². The van der Waals surface area contributed by atoms with Gasteiger partial charge in [-0.1, -0.05) is 12.7 Å². The highest BCUT2D eigenvalue weighted by Gasteiger charge is 2.81. The van der Waals surface area contributed by atoms with Crippen LogP contribution in [0.5, 0.6) is 0 Å². The van der Waals surface area contributed by atoms with E-state index in [2.05, 4.69) is 16.6 Å². The molecule has 3 fully saturated rings. The van der Waals surface area contributed by atoms with Crippen molar-refractivity contribution < 1.29 is 32.6 Å². The summed E-state index contributed by atoms with van der Waals surface area (Å²) < 4.78 is 42.7. The van der Waals surface area contributed by atoms with Crippen LogP contribution in [0, 0.1) is 10.8 Å². The predicted molar refractivity (Wildman–Crippen MR) is 60.9 cm³/mol. The van der Waals surface area contributed by atoms with E-state index in [4.69, 9.17) is 5.11 Å². The Morgan fingerprint density at radius 1 is 1.40 bits per heavy atom. The molecule has 112 valence electrons. The molecule has 0 unspecified atom stereocenters. The van der Waals surface area contributed by atoms with Crippen molar-refractivity contribution in [3.8, 4) is 0 Å². The summed E-state index contributed by atoms with van der Waals surface area (Å²) >= 11 is 0. The van der Waals surface area contributed by atoms with Gasteiger partial charge in [-0.25, -0.2) is 9.59 Å². The summed E-state index contributed by atoms with van der Waals surface area (Å²) in [5.74, 6) is -1.35. The van der Waals surface area contributed by atoms with E-state index >= 15 is 0 Å². The van der Waals surface area contributed by atoms with Gasteiger partial charge in [0.15, 0.2) is 0 Å². The quantitative estimate of drug-likeness (QED) is 0.761. The van der Waals surface area contributed by atoms with E-state index in [1.165, 1.54) is 6.08 Å². The Morgan fingerprint density at radius 2 is 1.95 bits per heavy atom. The van der Waals surface area contributed by atoms with Gasteiger partial charge in [0.25, 0.3) is 0 Å². The minimum atomic E-state index is -4.32. The summed E-state index contributed by atoms with van der Waals surface area (Å²) in [7, 11) is 0. The Bertz CT molecular complexity index is 440. The smallest absolute Gasteiger partial charge is 0.408 e. The lowest BCUT2D eigenvalue weighted by atomic mass is 9.33. The van der Waals surface area contributed by atoms with Crippen LogP contribution in [-0.4, -0.2) is 36.0 Å². The molecular weight excluding hydrogens is 279 g/mol. The van der Waals surface area contributed by atoms with Gasteiger partial charge in [0.05, 0.1) is 5.41 Å². The zero-order chi connectivity index (χ0) is 15.2. The van der Waals surface area contributed by atoms with Crippen LogP contribution in [0.25, 0.3) is 0 Å². The van der Waals surface area contributed by atoms with Gasteiger partial charge in [-0.3, -0.25) is 0 Å². The first-order valence-electron chi connectivity index (χ1n) is 6.00. The summed E-state index contributed by atoms with van der Waals surface area (Å²) in [6.45, 7) is 3.22. The van der Waals surface area contributed by atoms with E-state index in [1.807, 2.05) is 0 Å². The van der Waals surface area contributed by atoms with Gasteiger partial charge in [-0.05, 0) is 19.3 Å². The van der Waals surface area contributed by atoms with Gasteiger partial charge in [-0.2, -0.15) is 13.2 Å². The maximum atomic E-state index is 12.7. The molecule has 1 atom stereocenters. The van der Waals surface area contributed by atoms with Crippen LogP contribution < -0.4 is 5.32 Å². The third-order valence-electron chi connectivity index (χ3n) is 4.13. The number of aliphatic carboxylic acids is 1. The number of carboxylic acid groups (broad SMARTS) is 1. The highest BCUT2D eigenvalue weighted by Crippen LogP contribution is 2.79. The van der Waals surface area contributed by atoms with Gasteiger partial charge in [-0.15, -0.1) is 0 Å². The molecule has 20 heavy (non-hydrogen) atoms. The summed E-state index contributed by atoms with van der Waals surface area (Å²) in [4.78, 5) is 22.5. The Morgan fingerprint density at radius 3 is 2.35 bits per heavy atom. The molecule has 3 saturated carbocycles. The molecule has 0 aromatic heterocycles. The molecule has 3 rings (SSSR count). The van der Waals surface area contributed by atoms with Crippen molar-refractivity contribution in [1.29, 1.82) is 0 Å². The van der Waals surface area contributed by atoms with E-state index < -0.39 is 35.1 Å². The SMILES string of the molecule is C=CCOC(=O)N[C@@H](C(=O)O)C12CC(C(F)(F)F)(C1)C2. The van der Waals surface area contributed by atoms with Crippen LogP contribution in [0.15, 0.2) is 12.7 Å². The van der Waals surface area contributed by atoms with Crippen molar-refractivity contribution in [2.24, 2.45) is 10.8 Å².